The Morgan fingerprint density at radius 1 is 1.31 bits per heavy atom. The monoisotopic (exact) mass is 390 g/mol. The molecule has 1 amide bonds. The van der Waals surface area contributed by atoms with Gasteiger partial charge in [-0.3, -0.25) is 14.6 Å². The van der Waals surface area contributed by atoms with Crippen LogP contribution >= 0.6 is 0 Å². The van der Waals surface area contributed by atoms with Crippen LogP contribution in [0.25, 0.3) is 10.9 Å². The maximum atomic E-state index is 12.8. The van der Waals surface area contributed by atoms with Gasteiger partial charge in [-0.2, -0.15) is 10.2 Å². The van der Waals surface area contributed by atoms with Crippen molar-refractivity contribution < 1.29 is 9.90 Å². The number of rotatable bonds is 6. The van der Waals surface area contributed by atoms with E-state index in [1.165, 1.54) is 0 Å². The lowest BCUT2D eigenvalue weighted by Gasteiger charge is -2.08. The average molecular weight is 390 g/mol. The molecule has 0 bridgehead atoms. The van der Waals surface area contributed by atoms with Crippen molar-refractivity contribution in [2.75, 3.05) is 17.7 Å². The van der Waals surface area contributed by atoms with Crippen LogP contribution in [0, 0.1) is 0 Å². The summed E-state index contributed by atoms with van der Waals surface area (Å²) in [4.78, 5) is 12.8. The Hall–Kier alpha value is -3.65. The van der Waals surface area contributed by atoms with Gasteiger partial charge in [0.1, 0.15) is 0 Å². The first-order valence-electron chi connectivity index (χ1n) is 9.30. The number of amides is 1. The number of hydrogen-bond acceptors (Lipinski definition) is 5. The number of nitrogens with one attached hydrogen (secondary N) is 2. The van der Waals surface area contributed by atoms with Crippen molar-refractivity contribution in [3.05, 3.63) is 71.7 Å². The topological polar surface area (TPSA) is 122 Å². The average Bonchev–Trinajstić information content (AvgIpc) is 3.33. The van der Waals surface area contributed by atoms with Crippen molar-refractivity contribution in [1.82, 2.24) is 20.0 Å². The zero-order valence-corrected chi connectivity index (χ0v) is 16.0. The molecule has 0 aliphatic rings. The molecule has 0 saturated carbocycles. The highest BCUT2D eigenvalue weighted by Crippen LogP contribution is 2.23. The van der Waals surface area contributed by atoms with Gasteiger partial charge in [0, 0.05) is 29.8 Å². The molecule has 0 saturated heterocycles. The van der Waals surface area contributed by atoms with Gasteiger partial charge in [-0.05, 0) is 35.4 Å². The number of hydrogen-bond donors (Lipinski definition) is 4. The molecule has 2 aromatic carbocycles. The van der Waals surface area contributed by atoms with E-state index < -0.39 is 0 Å². The molecule has 8 nitrogen and oxygen atoms in total. The number of fused-ring (bicyclic) bond motifs is 1. The second-order valence-electron chi connectivity index (χ2n) is 7.09. The number of aromatic amines is 1. The summed E-state index contributed by atoms with van der Waals surface area (Å²) in [7, 11) is 0. The van der Waals surface area contributed by atoms with Crippen LogP contribution < -0.4 is 11.1 Å². The van der Waals surface area contributed by atoms with E-state index in [9.17, 15) is 9.90 Å². The summed E-state index contributed by atoms with van der Waals surface area (Å²) in [6.07, 6.45) is 3.35. The number of H-pyrrole nitrogens is 1. The third-order valence-corrected chi connectivity index (χ3v) is 4.83. The van der Waals surface area contributed by atoms with Gasteiger partial charge < -0.3 is 16.2 Å². The summed E-state index contributed by atoms with van der Waals surface area (Å²) >= 11 is 0. The van der Waals surface area contributed by atoms with E-state index in [2.05, 4.69) is 20.6 Å². The largest absolute Gasteiger partial charge is 0.399 e. The van der Waals surface area contributed by atoms with Crippen molar-refractivity contribution in [2.24, 2.45) is 0 Å². The standard InChI is InChI=1S/C21H22N6O2/c1-13(12-28)15-5-6-19-18(8-15)20(26-25-19)21(29)24-17-9-23-27(11-17)10-14-3-2-4-16(22)7-14/h2-9,11,13,28H,10,12,22H2,1H3,(H,24,29)(H,25,26). The van der Waals surface area contributed by atoms with E-state index in [1.807, 2.05) is 49.4 Å². The highest BCUT2D eigenvalue weighted by molar-refractivity contribution is 6.11. The van der Waals surface area contributed by atoms with Gasteiger partial charge in [-0.25, -0.2) is 0 Å². The second kappa shape index (κ2) is 7.76. The molecule has 0 aliphatic heterocycles. The van der Waals surface area contributed by atoms with E-state index in [4.69, 9.17) is 5.73 Å². The maximum absolute atomic E-state index is 12.8. The number of aliphatic hydroxyl groups excluding tert-OH is 1. The van der Waals surface area contributed by atoms with Crippen LogP contribution in [0.3, 0.4) is 0 Å². The zero-order chi connectivity index (χ0) is 20.4. The normalized spacial score (nSPS) is 12.2. The van der Waals surface area contributed by atoms with Crippen molar-refractivity contribution >= 4 is 28.2 Å². The van der Waals surface area contributed by atoms with Gasteiger partial charge in [0.15, 0.2) is 5.69 Å². The molecule has 8 heteroatoms. The van der Waals surface area contributed by atoms with Crippen molar-refractivity contribution in [3.63, 3.8) is 0 Å². The SMILES string of the molecule is CC(CO)c1ccc2[nH]nc(C(=O)Nc3cnn(Cc4cccc(N)c4)c3)c2c1. The molecular weight excluding hydrogens is 368 g/mol. The van der Waals surface area contributed by atoms with Gasteiger partial charge in [-0.1, -0.05) is 25.1 Å². The van der Waals surface area contributed by atoms with E-state index >= 15 is 0 Å². The molecule has 1 atom stereocenters. The lowest BCUT2D eigenvalue weighted by molar-refractivity contribution is 0.102. The van der Waals surface area contributed by atoms with Gasteiger partial charge in [0.25, 0.3) is 5.91 Å². The molecule has 4 aromatic rings. The van der Waals surface area contributed by atoms with Crippen molar-refractivity contribution in [3.8, 4) is 0 Å². The number of carbonyl (C=O) groups excluding carboxylic acids is 1. The summed E-state index contributed by atoms with van der Waals surface area (Å²) in [5.41, 5.74) is 10.1. The van der Waals surface area contributed by atoms with Crippen molar-refractivity contribution in [1.29, 1.82) is 0 Å². The fraction of sp³-hybridized carbons (Fsp3) is 0.190. The molecular formula is C21H22N6O2. The minimum atomic E-state index is -0.325. The summed E-state index contributed by atoms with van der Waals surface area (Å²) in [6, 6.07) is 13.3. The number of anilines is 2. The molecule has 0 radical (unpaired) electrons. The minimum absolute atomic E-state index is 0.0181. The third kappa shape index (κ3) is 3.97. The molecule has 2 heterocycles. The van der Waals surface area contributed by atoms with Crippen LogP contribution in [0.1, 0.15) is 34.5 Å². The highest BCUT2D eigenvalue weighted by Gasteiger charge is 2.16. The third-order valence-electron chi connectivity index (χ3n) is 4.83. The Balaban J connectivity index is 1.52. The Morgan fingerprint density at radius 2 is 2.17 bits per heavy atom. The van der Waals surface area contributed by atoms with E-state index in [0.29, 0.717) is 29.0 Å². The zero-order valence-electron chi connectivity index (χ0n) is 16.0. The predicted molar refractivity (Wildman–Crippen MR) is 112 cm³/mol. The smallest absolute Gasteiger partial charge is 0.276 e. The van der Waals surface area contributed by atoms with Crippen LogP contribution in [-0.4, -0.2) is 37.6 Å². The fourth-order valence-corrected chi connectivity index (χ4v) is 3.20. The number of benzene rings is 2. The second-order valence-corrected chi connectivity index (χ2v) is 7.09. The summed E-state index contributed by atoms with van der Waals surface area (Å²) in [6.45, 7) is 2.52. The van der Waals surface area contributed by atoms with Crippen LogP contribution in [0.2, 0.25) is 0 Å². The number of nitrogens with zero attached hydrogens (tertiary/aromatic N) is 3. The fourth-order valence-electron chi connectivity index (χ4n) is 3.20. The molecule has 1 unspecified atom stereocenters. The Kier molecular flexibility index (Phi) is 5.01. The quantitative estimate of drug-likeness (QED) is 0.377. The van der Waals surface area contributed by atoms with E-state index in [1.54, 1.807) is 17.1 Å². The predicted octanol–water partition coefficient (Wildman–Crippen LogP) is 2.74. The van der Waals surface area contributed by atoms with Gasteiger partial charge in [-0.15, -0.1) is 0 Å². The van der Waals surface area contributed by atoms with Crippen LogP contribution in [-0.2, 0) is 6.54 Å². The van der Waals surface area contributed by atoms with Crippen LogP contribution in [0.15, 0.2) is 54.9 Å². The van der Waals surface area contributed by atoms with Gasteiger partial charge in [0.2, 0.25) is 0 Å². The molecule has 0 spiro atoms. The van der Waals surface area contributed by atoms with Gasteiger partial charge in [0.05, 0.1) is 23.9 Å². The minimum Gasteiger partial charge on any atom is -0.399 e. The maximum Gasteiger partial charge on any atom is 0.276 e. The Morgan fingerprint density at radius 3 is 2.97 bits per heavy atom. The molecule has 148 valence electrons. The first-order chi connectivity index (χ1) is 14.0. The Labute approximate surface area is 167 Å². The molecule has 4 rings (SSSR count). The molecule has 5 N–H and O–H groups in total. The van der Waals surface area contributed by atoms with Crippen LogP contribution in [0.4, 0.5) is 11.4 Å². The lowest BCUT2D eigenvalue weighted by Crippen LogP contribution is -2.12. The van der Waals surface area contributed by atoms with Gasteiger partial charge >= 0.3 is 0 Å². The number of nitrogens with two attached hydrogens (primary N) is 1. The highest BCUT2D eigenvalue weighted by atomic mass is 16.3. The summed E-state index contributed by atoms with van der Waals surface area (Å²) in [5.74, 6) is -0.343. The van der Waals surface area contributed by atoms with E-state index in [-0.39, 0.29) is 18.4 Å². The number of aromatic nitrogens is 4. The Bertz CT molecular complexity index is 1160. The van der Waals surface area contributed by atoms with Crippen molar-refractivity contribution in [2.45, 2.75) is 19.4 Å². The first kappa shape index (κ1) is 18.7. The number of carbonyl (C=O) groups is 1. The summed E-state index contributed by atoms with van der Waals surface area (Å²) < 4.78 is 1.73. The lowest BCUT2D eigenvalue weighted by atomic mass is 10.00. The molecule has 29 heavy (non-hydrogen) atoms. The summed E-state index contributed by atoms with van der Waals surface area (Å²) in [5, 5.41) is 24.3. The first-order valence-corrected chi connectivity index (χ1v) is 9.30. The molecule has 2 aromatic heterocycles. The van der Waals surface area contributed by atoms with Crippen LogP contribution in [0.5, 0.6) is 0 Å². The molecule has 0 aliphatic carbocycles. The number of aliphatic hydroxyl groups is 1. The van der Waals surface area contributed by atoms with E-state index in [0.717, 1.165) is 16.6 Å². The number of nitrogen functional groups attached to an aromatic ring is 1. The molecule has 0 fully saturated rings.